The third-order valence-electron chi connectivity index (χ3n) is 8.35. The van der Waals surface area contributed by atoms with Crippen molar-refractivity contribution in [3.05, 3.63) is 18.2 Å². The summed E-state index contributed by atoms with van der Waals surface area (Å²) in [6.07, 6.45) is 43.0. The Hall–Kier alpha value is -0.790. The molecule has 0 unspecified atom stereocenters. The van der Waals surface area contributed by atoms with Gasteiger partial charge in [0.1, 0.15) is 12.4 Å². The van der Waals surface area contributed by atoms with Gasteiger partial charge < -0.3 is 0 Å². The Morgan fingerprint density at radius 2 is 0.838 bits per heavy atom. The molecule has 1 rings (SSSR count). The summed E-state index contributed by atoms with van der Waals surface area (Å²) < 4.78 is 5.21. The number of imidazole rings is 1. The Bertz CT molecular complexity index is 576. The van der Waals surface area contributed by atoms with Crippen LogP contribution in [0.4, 0.5) is 0 Å². The van der Waals surface area contributed by atoms with Crippen LogP contribution in [-0.2, 0) is 19.5 Å². The first-order valence-corrected chi connectivity index (χ1v) is 17.4. The summed E-state index contributed by atoms with van der Waals surface area (Å²) in [5, 5.41) is 0. The summed E-state index contributed by atoms with van der Waals surface area (Å²) in [4.78, 5) is 0. The van der Waals surface area contributed by atoms with Gasteiger partial charge in [-0.2, -0.15) is 0 Å². The Labute approximate surface area is 234 Å². The SMILES string of the molecule is CCCCCCCCCCCCCCCCCn1cc[n+](CCCCCCC)c1CCCCCCCC. The second-order valence-electron chi connectivity index (χ2n) is 12.0. The van der Waals surface area contributed by atoms with Crippen molar-refractivity contribution in [2.45, 2.75) is 207 Å². The number of rotatable bonds is 29. The molecule has 0 aliphatic rings. The minimum Gasteiger partial charge on any atom is -0.234 e. The van der Waals surface area contributed by atoms with E-state index >= 15 is 0 Å². The van der Waals surface area contributed by atoms with E-state index in [2.05, 4.69) is 42.3 Å². The minimum atomic E-state index is 1.22. The number of unbranched alkanes of at least 4 members (excludes halogenated alkanes) is 23. The van der Waals surface area contributed by atoms with E-state index in [1.807, 2.05) is 0 Å². The second-order valence-corrected chi connectivity index (χ2v) is 12.0. The van der Waals surface area contributed by atoms with Crippen molar-refractivity contribution in [3.63, 3.8) is 0 Å². The van der Waals surface area contributed by atoms with Gasteiger partial charge in [0.25, 0.3) is 5.82 Å². The molecule has 0 atom stereocenters. The van der Waals surface area contributed by atoms with Gasteiger partial charge in [0.15, 0.2) is 0 Å². The molecule has 1 aromatic rings. The average molecular weight is 518 g/mol. The predicted molar refractivity (Wildman–Crippen MR) is 165 cm³/mol. The molecular formula is C35H69N2+. The van der Waals surface area contributed by atoms with Crippen LogP contribution in [0.1, 0.15) is 194 Å². The quantitative estimate of drug-likeness (QED) is 0.0737. The molecule has 0 aliphatic heterocycles. The van der Waals surface area contributed by atoms with E-state index in [9.17, 15) is 0 Å². The van der Waals surface area contributed by atoms with Crippen molar-refractivity contribution in [2.75, 3.05) is 0 Å². The van der Waals surface area contributed by atoms with Gasteiger partial charge in [-0.3, -0.25) is 0 Å². The van der Waals surface area contributed by atoms with Crippen LogP contribution in [0.15, 0.2) is 12.4 Å². The van der Waals surface area contributed by atoms with Crippen LogP contribution < -0.4 is 4.57 Å². The molecule has 0 spiro atoms. The van der Waals surface area contributed by atoms with Crippen LogP contribution in [-0.4, -0.2) is 4.57 Å². The second kappa shape index (κ2) is 26.8. The molecule has 0 amide bonds. The fourth-order valence-corrected chi connectivity index (χ4v) is 5.80. The smallest absolute Gasteiger partial charge is 0.234 e. The van der Waals surface area contributed by atoms with Gasteiger partial charge in [-0.05, 0) is 32.1 Å². The lowest BCUT2D eigenvalue weighted by atomic mass is 10.0. The molecule has 1 aromatic heterocycles. The summed E-state index contributed by atoms with van der Waals surface area (Å²) >= 11 is 0. The van der Waals surface area contributed by atoms with Crippen molar-refractivity contribution in [2.24, 2.45) is 0 Å². The van der Waals surface area contributed by atoms with E-state index in [4.69, 9.17) is 0 Å². The molecule has 37 heavy (non-hydrogen) atoms. The van der Waals surface area contributed by atoms with E-state index in [0.29, 0.717) is 0 Å². The van der Waals surface area contributed by atoms with E-state index in [-0.39, 0.29) is 0 Å². The van der Waals surface area contributed by atoms with Crippen molar-refractivity contribution in [1.29, 1.82) is 0 Å². The molecule has 0 aliphatic carbocycles. The largest absolute Gasteiger partial charge is 0.256 e. The van der Waals surface area contributed by atoms with Gasteiger partial charge in [-0.1, -0.05) is 156 Å². The lowest BCUT2D eigenvalue weighted by molar-refractivity contribution is -0.704. The molecule has 0 saturated carbocycles. The summed E-state index contributed by atoms with van der Waals surface area (Å²) in [6, 6.07) is 0. The highest BCUT2D eigenvalue weighted by molar-refractivity contribution is 4.84. The monoisotopic (exact) mass is 518 g/mol. The number of hydrogen-bond donors (Lipinski definition) is 0. The number of aromatic nitrogens is 2. The van der Waals surface area contributed by atoms with Crippen LogP contribution in [0.5, 0.6) is 0 Å². The lowest BCUT2D eigenvalue weighted by Gasteiger charge is -2.07. The van der Waals surface area contributed by atoms with Gasteiger partial charge in [0.05, 0.1) is 13.1 Å². The van der Waals surface area contributed by atoms with Crippen molar-refractivity contribution < 1.29 is 4.57 Å². The van der Waals surface area contributed by atoms with Crippen LogP contribution in [0.2, 0.25) is 0 Å². The van der Waals surface area contributed by atoms with Crippen LogP contribution in [0.3, 0.4) is 0 Å². The number of hydrogen-bond acceptors (Lipinski definition) is 0. The zero-order valence-electron chi connectivity index (χ0n) is 26.1. The first-order chi connectivity index (χ1) is 18.3. The molecule has 0 aromatic carbocycles. The average Bonchev–Trinajstić information content (AvgIpc) is 3.29. The Kier molecular flexibility index (Phi) is 24.8. The number of nitrogens with zero attached hydrogens (tertiary/aromatic N) is 2. The van der Waals surface area contributed by atoms with Crippen molar-refractivity contribution >= 4 is 0 Å². The summed E-state index contributed by atoms with van der Waals surface area (Å²) in [5.74, 6) is 1.61. The third-order valence-corrected chi connectivity index (χ3v) is 8.35. The Morgan fingerprint density at radius 3 is 1.30 bits per heavy atom. The first kappa shape index (κ1) is 34.2. The highest BCUT2D eigenvalue weighted by atomic mass is 15.1. The van der Waals surface area contributed by atoms with Crippen molar-refractivity contribution in [1.82, 2.24) is 4.57 Å². The fourth-order valence-electron chi connectivity index (χ4n) is 5.80. The molecule has 0 radical (unpaired) electrons. The molecule has 1 heterocycles. The van der Waals surface area contributed by atoms with Gasteiger partial charge in [-0.25, -0.2) is 9.13 Å². The van der Waals surface area contributed by atoms with Crippen LogP contribution in [0, 0.1) is 0 Å². The molecule has 0 saturated heterocycles. The molecule has 0 N–H and O–H groups in total. The van der Waals surface area contributed by atoms with Crippen LogP contribution >= 0.6 is 0 Å². The van der Waals surface area contributed by atoms with Crippen molar-refractivity contribution in [3.8, 4) is 0 Å². The summed E-state index contributed by atoms with van der Waals surface area (Å²) in [7, 11) is 0. The zero-order chi connectivity index (χ0) is 26.7. The molecule has 218 valence electrons. The lowest BCUT2D eigenvalue weighted by Crippen LogP contribution is -2.37. The molecule has 2 heteroatoms. The summed E-state index contributed by atoms with van der Waals surface area (Å²) in [6.45, 7) is 9.38. The summed E-state index contributed by atoms with van der Waals surface area (Å²) in [5.41, 5.74) is 0. The topological polar surface area (TPSA) is 8.81 Å². The first-order valence-electron chi connectivity index (χ1n) is 17.4. The van der Waals surface area contributed by atoms with E-state index < -0.39 is 0 Å². The zero-order valence-corrected chi connectivity index (χ0v) is 26.1. The maximum absolute atomic E-state index is 2.61. The predicted octanol–water partition coefficient (Wildman–Crippen LogP) is 11.5. The third kappa shape index (κ3) is 19.9. The molecular weight excluding hydrogens is 448 g/mol. The molecule has 0 bridgehead atoms. The Morgan fingerprint density at radius 1 is 0.459 bits per heavy atom. The van der Waals surface area contributed by atoms with E-state index in [1.54, 1.807) is 5.82 Å². The fraction of sp³-hybridized carbons (Fsp3) is 0.914. The standard InChI is InChI=1S/C35H69N2/c1-4-7-10-13-15-16-17-18-19-20-21-22-23-26-29-32-37-34-33-36(31-28-25-12-9-6-3)35(37)30-27-24-14-11-8-5-2/h33-34H,4-32H2,1-3H3/q+1. The van der Waals surface area contributed by atoms with Crippen LogP contribution in [0.25, 0.3) is 0 Å². The van der Waals surface area contributed by atoms with Gasteiger partial charge >= 0.3 is 0 Å². The van der Waals surface area contributed by atoms with E-state index in [1.165, 1.54) is 186 Å². The maximum atomic E-state index is 2.61. The highest BCUT2D eigenvalue weighted by Gasteiger charge is 2.16. The molecule has 0 fully saturated rings. The number of aryl methyl sites for hydroxylation is 2. The van der Waals surface area contributed by atoms with E-state index in [0.717, 1.165) is 0 Å². The maximum Gasteiger partial charge on any atom is 0.256 e. The molecule has 2 nitrogen and oxygen atoms in total. The normalized spacial score (nSPS) is 11.5. The van der Waals surface area contributed by atoms with Gasteiger partial charge in [0.2, 0.25) is 0 Å². The Balaban J connectivity index is 2.19. The van der Waals surface area contributed by atoms with Gasteiger partial charge in [-0.15, -0.1) is 0 Å². The van der Waals surface area contributed by atoms with Gasteiger partial charge in [0, 0.05) is 6.42 Å². The highest BCUT2D eigenvalue weighted by Crippen LogP contribution is 2.15. The minimum absolute atomic E-state index is 1.22.